The molecule has 0 aliphatic heterocycles. The van der Waals surface area contributed by atoms with Crippen molar-refractivity contribution in [1.29, 1.82) is 0 Å². The van der Waals surface area contributed by atoms with Crippen molar-refractivity contribution in [2.45, 2.75) is 0 Å². The number of aromatic nitrogens is 2. The molecule has 0 unspecified atom stereocenters. The lowest BCUT2D eigenvalue weighted by atomic mass is 10.2. The summed E-state index contributed by atoms with van der Waals surface area (Å²) in [5, 5.41) is 0.758. The van der Waals surface area contributed by atoms with Gasteiger partial charge in [0.25, 0.3) is 0 Å². The fraction of sp³-hybridized carbons (Fsp3) is 0. The third kappa shape index (κ3) is 1.30. The molecule has 0 radical (unpaired) electrons. The largest absolute Gasteiger partial charge is 0.242 e. The molecule has 4 nitrogen and oxygen atoms in total. The normalized spacial score (nSPS) is 9.54. The Hall–Kier alpha value is -2.06. The standard InChI is InChI=1S/C9H5N3O/c13-6-12-9-7-3-1-2-4-8(7)10-5-11-9/h1-5H. The first-order valence-electron chi connectivity index (χ1n) is 3.69. The van der Waals surface area contributed by atoms with E-state index in [-0.39, 0.29) is 0 Å². The van der Waals surface area contributed by atoms with Gasteiger partial charge in [0.2, 0.25) is 6.08 Å². The Morgan fingerprint density at radius 1 is 1.23 bits per heavy atom. The maximum atomic E-state index is 10.1. The van der Waals surface area contributed by atoms with Gasteiger partial charge >= 0.3 is 0 Å². The van der Waals surface area contributed by atoms with Crippen molar-refractivity contribution >= 4 is 22.8 Å². The molecule has 0 amide bonds. The van der Waals surface area contributed by atoms with E-state index in [4.69, 9.17) is 0 Å². The lowest BCUT2D eigenvalue weighted by Crippen LogP contribution is -1.81. The average molecular weight is 171 g/mol. The summed E-state index contributed by atoms with van der Waals surface area (Å²) in [6, 6.07) is 7.35. The molecule has 1 aromatic heterocycles. The van der Waals surface area contributed by atoms with Gasteiger partial charge in [0.1, 0.15) is 6.33 Å². The van der Waals surface area contributed by atoms with E-state index in [1.54, 1.807) is 0 Å². The van der Waals surface area contributed by atoms with E-state index in [1.165, 1.54) is 12.4 Å². The van der Waals surface area contributed by atoms with Crippen LogP contribution in [0.3, 0.4) is 0 Å². The van der Waals surface area contributed by atoms with E-state index in [1.807, 2.05) is 24.3 Å². The van der Waals surface area contributed by atoms with Crippen LogP contribution in [-0.2, 0) is 4.79 Å². The van der Waals surface area contributed by atoms with E-state index in [0.29, 0.717) is 5.82 Å². The number of nitrogens with zero attached hydrogens (tertiary/aromatic N) is 3. The minimum absolute atomic E-state index is 0.362. The molecule has 0 spiro atoms. The molecular formula is C9H5N3O. The highest BCUT2D eigenvalue weighted by Gasteiger charge is 1.99. The zero-order valence-corrected chi connectivity index (χ0v) is 6.64. The molecule has 2 aromatic rings. The number of benzene rings is 1. The van der Waals surface area contributed by atoms with Gasteiger partial charge in [-0.2, -0.15) is 0 Å². The Morgan fingerprint density at radius 2 is 2.08 bits per heavy atom. The molecule has 0 bridgehead atoms. The van der Waals surface area contributed by atoms with Crippen LogP contribution in [0, 0.1) is 0 Å². The minimum Gasteiger partial charge on any atom is -0.236 e. The van der Waals surface area contributed by atoms with E-state index in [9.17, 15) is 4.79 Å². The summed E-state index contributed by atoms with van der Waals surface area (Å²) in [6.07, 6.45) is 2.83. The van der Waals surface area contributed by atoms with Crippen LogP contribution in [0.5, 0.6) is 0 Å². The van der Waals surface area contributed by atoms with Gasteiger partial charge in [0.15, 0.2) is 5.82 Å². The van der Waals surface area contributed by atoms with Gasteiger partial charge < -0.3 is 0 Å². The fourth-order valence-corrected chi connectivity index (χ4v) is 1.12. The third-order valence-corrected chi connectivity index (χ3v) is 1.67. The Bertz CT molecular complexity index is 484. The van der Waals surface area contributed by atoms with Crippen LogP contribution in [0.1, 0.15) is 0 Å². The quantitative estimate of drug-likeness (QED) is 0.483. The molecule has 0 aliphatic rings. The molecule has 0 aliphatic carbocycles. The van der Waals surface area contributed by atoms with Crippen molar-refractivity contribution in [3.63, 3.8) is 0 Å². The van der Waals surface area contributed by atoms with E-state index in [2.05, 4.69) is 15.0 Å². The van der Waals surface area contributed by atoms with Gasteiger partial charge in [0, 0.05) is 5.39 Å². The molecule has 4 heteroatoms. The minimum atomic E-state index is 0.362. The SMILES string of the molecule is O=C=Nc1ncnc2ccccc12. The molecule has 1 aromatic carbocycles. The summed E-state index contributed by atoms with van der Waals surface area (Å²) in [7, 11) is 0. The summed E-state index contributed by atoms with van der Waals surface area (Å²) in [4.78, 5) is 21.4. The molecular weight excluding hydrogens is 166 g/mol. The number of fused-ring (bicyclic) bond motifs is 1. The number of hydrogen-bond acceptors (Lipinski definition) is 4. The summed E-state index contributed by atoms with van der Waals surface area (Å²) in [6.45, 7) is 0. The predicted octanol–water partition coefficient (Wildman–Crippen LogP) is 1.60. The molecule has 0 atom stereocenters. The van der Waals surface area contributed by atoms with Crippen LogP contribution in [0.4, 0.5) is 5.82 Å². The van der Waals surface area contributed by atoms with Crippen molar-refractivity contribution in [2.24, 2.45) is 4.99 Å². The van der Waals surface area contributed by atoms with Crippen LogP contribution < -0.4 is 0 Å². The molecule has 0 saturated heterocycles. The zero-order valence-electron chi connectivity index (χ0n) is 6.64. The Labute approximate surface area is 74.0 Å². The second-order valence-corrected chi connectivity index (χ2v) is 2.42. The van der Waals surface area contributed by atoms with Gasteiger partial charge in [-0.3, -0.25) is 0 Å². The molecule has 0 fully saturated rings. The highest BCUT2D eigenvalue weighted by Crippen LogP contribution is 2.19. The Kier molecular flexibility index (Phi) is 1.82. The maximum Gasteiger partial charge on any atom is 0.242 e. The molecule has 1 heterocycles. The van der Waals surface area contributed by atoms with Gasteiger partial charge in [-0.25, -0.2) is 14.8 Å². The lowest BCUT2D eigenvalue weighted by Gasteiger charge is -1.96. The van der Waals surface area contributed by atoms with Crippen molar-refractivity contribution in [2.75, 3.05) is 0 Å². The van der Waals surface area contributed by atoms with Gasteiger partial charge in [-0.1, -0.05) is 12.1 Å². The predicted molar refractivity (Wildman–Crippen MR) is 47.3 cm³/mol. The summed E-state index contributed by atoms with van der Waals surface area (Å²) in [5.74, 6) is 0.362. The van der Waals surface area contributed by atoms with Crippen molar-refractivity contribution in [3.05, 3.63) is 30.6 Å². The summed E-state index contributed by atoms with van der Waals surface area (Å²) in [5.41, 5.74) is 0.770. The number of para-hydroxylation sites is 1. The van der Waals surface area contributed by atoms with Crippen LogP contribution in [0.15, 0.2) is 35.6 Å². The average Bonchev–Trinajstić information content (AvgIpc) is 2.19. The third-order valence-electron chi connectivity index (χ3n) is 1.67. The Morgan fingerprint density at radius 3 is 2.92 bits per heavy atom. The first kappa shape index (κ1) is 7.58. The Balaban J connectivity index is 2.82. The highest BCUT2D eigenvalue weighted by molar-refractivity contribution is 5.87. The first-order chi connectivity index (χ1) is 6.42. The number of rotatable bonds is 1. The topological polar surface area (TPSA) is 55.2 Å². The number of hydrogen-bond donors (Lipinski definition) is 0. The monoisotopic (exact) mass is 171 g/mol. The van der Waals surface area contributed by atoms with Gasteiger partial charge in [-0.15, -0.1) is 4.99 Å². The summed E-state index contributed by atoms with van der Waals surface area (Å²) >= 11 is 0. The highest BCUT2D eigenvalue weighted by atomic mass is 16.1. The van der Waals surface area contributed by atoms with Crippen molar-refractivity contribution in [3.8, 4) is 0 Å². The van der Waals surface area contributed by atoms with E-state index >= 15 is 0 Å². The second-order valence-electron chi connectivity index (χ2n) is 2.42. The molecule has 0 N–H and O–H groups in total. The van der Waals surface area contributed by atoms with E-state index in [0.717, 1.165) is 10.9 Å². The molecule has 62 valence electrons. The van der Waals surface area contributed by atoms with Gasteiger partial charge in [0.05, 0.1) is 5.52 Å². The van der Waals surface area contributed by atoms with Crippen LogP contribution in [-0.4, -0.2) is 16.0 Å². The van der Waals surface area contributed by atoms with Crippen molar-refractivity contribution in [1.82, 2.24) is 9.97 Å². The number of carbonyl (C=O) groups excluding carboxylic acids is 1. The molecule has 13 heavy (non-hydrogen) atoms. The van der Waals surface area contributed by atoms with Crippen LogP contribution in [0.25, 0.3) is 10.9 Å². The number of isocyanates is 1. The fourth-order valence-electron chi connectivity index (χ4n) is 1.12. The van der Waals surface area contributed by atoms with Crippen molar-refractivity contribution < 1.29 is 4.79 Å². The van der Waals surface area contributed by atoms with Crippen LogP contribution >= 0.6 is 0 Å². The first-order valence-corrected chi connectivity index (χ1v) is 3.69. The maximum absolute atomic E-state index is 10.1. The van der Waals surface area contributed by atoms with E-state index < -0.39 is 0 Å². The molecule has 0 saturated carbocycles. The zero-order chi connectivity index (χ0) is 9.10. The second kappa shape index (κ2) is 3.13. The summed E-state index contributed by atoms with van der Waals surface area (Å²) < 4.78 is 0. The number of aliphatic imine (C=N–C) groups is 1. The molecule has 2 rings (SSSR count). The smallest absolute Gasteiger partial charge is 0.236 e. The van der Waals surface area contributed by atoms with Gasteiger partial charge in [-0.05, 0) is 12.1 Å². The van der Waals surface area contributed by atoms with Crippen LogP contribution in [0.2, 0.25) is 0 Å². The lowest BCUT2D eigenvalue weighted by molar-refractivity contribution is 0.565.